The average molecular weight is 104 g/mol. The molecule has 1 N–H and O–H groups in total. The van der Waals surface area contributed by atoms with Gasteiger partial charge in [0.1, 0.15) is 6.26 Å². The van der Waals surface area contributed by atoms with E-state index in [4.69, 9.17) is 5.11 Å². The molecule has 0 rings (SSSR count). The standard InChI is InChI=1S/C4H8O3/c1-2-6-7-4-3-5/h3-5H,2H2,1H3/b4-3+. The first-order valence-electron chi connectivity index (χ1n) is 1.99. The zero-order valence-corrected chi connectivity index (χ0v) is 4.13. The van der Waals surface area contributed by atoms with Crippen molar-refractivity contribution in [1.29, 1.82) is 0 Å². The topological polar surface area (TPSA) is 38.7 Å². The summed E-state index contributed by atoms with van der Waals surface area (Å²) in [5, 5.41) is 7.91. The highest BCUT2D eigenvalue weighted by atomic mass is 17.2. The van der Waals surface area contributed by atoms with Crippen molar-refractivity contribution in [3.05, 3.63) is 12.5 Å². The van der Waals surface area contributed by atoms with Gasteiger partial charge in [0.2, 0.25) is 0 Å². The molecule has 0 heterocycles. The maximum Gasteiger partial charge on any atom is 0.163 e. The Morgan fingerprint density at radius 3 is 2.86 bits per heavy atom. The second-order valence-electron chi connectivity index (χ2n) is 0.788. The van der Waals surface area contributed by atoms with E-state index in [0.29, 0.717) is 6.61 Å². The van der Waals surface area contributed by atoms with Gasteiger partial charge in [0.25, 0.3) is 0 Å². The van der Waals surface area contributed by atoms with E-state index in [-0.39, 0.29) is 0 Å². The van der Waals surface area contributed by atoms with E-state index < -0.39 is 0 Å². The first-order chi connectivity index (χ1) is 3.41. The minimum atomic E-state index is 0.477. The van der Waals surface area contributed by atoms with Crippen LogP contribution >= 0.6 is 0 Å². The quantitative estimate of drug-likeness (QED) is 0.251. The molecule has 0 aromatic rings. The Hall–Kier alpha value is -0.700. The van der Waals surface area contributed by atoms with Gasteiger partial charge in [-0.25, -0.2) is 0 Å². The fraction of sp³-hybridized carbons (Fsp3) is 0.500. The van der Waals surface area contributed by atoms with Gasteiger partial charge in [0.05, 0.1) is 6.61 Å². The highest BCUT2D eigenvalue weighted by molar-refractivity contribution is 4.52. The van der Waals surface area contributed by atoms with Crippen LogP contribution in [0.4, 0.5) is 0 Å². The van der Waals surface area contributed by atoms with Crippen LogP contribution in [0.1, 0.15) is 6.92 Å². The van der Waals surface area contributed by atoms with Crippen LogP contribution in [0.5, 0.6) is 0 Å². The molecule has 3 heteroatoms. The van der Waals surface area contributed by atoms with Crippen molar-refractivity contribution < 1.29 is 14.9 Å². The molecule has 0 aliphatic carbocycles. The molecule has 42 valence electrons. The van der Waals surface area contributed by atoms with Crippen LogP contribution in [0.25, 0.3) is 0 Å². The molecule has 0 fully saturated rings. The average Bonchev–Trinajstić information content (AvgIpc) is 1.69. The van der Waals surface area contributed by atoms with Gasteiger partial charge >= 0.3 is 0 Å². The summed E-state index contributed by atoms with van der Waals surface area (Å²) >= 11 is 0. The van der Waals surface area contributed by atoms with Gasteiger partial charge in [-0.2, -0.15) is 4.89 Å². The number of aliphatic hydroxyl groups excluding tert-OH is 1. The molecule has 0 atom stereocenters. The van der Waals surface area contributed by atoms with E-state index in [9.17, 15) is 0 Å². The zero-order valence-electron chi connectivity index (χ0n) is 4.13. The van der Waals surface area contributed by atoms with Crippen LogP contribution in [0.3, 0.4) is 0 Å². The predicted molar refractivity (Wildman–Crippen MR) is 24.5 cm³/mol. The van der Waals surface area contributed by atoms with Crippen LogP contribution in [-0.4, -0.2) is 11.7 Å². The van der Waals surface area contributed by atoms with Crippen molar-refractivity contribution in [2.45, 2.75) is 6.92 Å². The van der Waals surface area contributed by atoms with Crippen molar-refractivity contribution in [1.82, 2.24) is 0 Å². The monoisotopic (exact) mass is 104 g/mol. The fourth-order valence-corrected chi connectivity index (χ4v) is 0.132. The second kappa shape index (κ2) is 5.30. The third kappa shape index (κ3) is 5.30. The zero-order chi connectivity index (χ0) is 5.54. The van der Waals surface area contributed by atoms with Crippen LogP contribution < -0.4 is 0 Å². The Kier molecular flexibility index (Phi) is 4.77. The third-order valence-corrected chi connectivity index (χ3v) is 0.302. The second-order valence-corrected chi connectivity index (χ2v) is 0.788. The lowest BCUT2D eigenvalue weighted by atomic mass is 10.9. The van der Waals surface area contributed by atoms with Crippen LogP contribution in [-0.2, 0) is 9.78 Å². The molecule has 0 unspecified atom stereocenters. The van der Waals surface area contributed by atoms with Crippen molar-refractivity contribution in [3.8, 4) is 0 Å². The first-order valence-corrected chi connectivity index (χ1v) is 1.99. The molecule has 7 heavy (non-hydrogen) atoms. The van der Waals surface area contributed by atoms with E-state index in [1.807, 2.05) is 0 Å². The van der Waals surface area contributed by atoms with Crippen molar-refractivity contribution in [2.75, 3.05) is 6.61 Å². The van der Waals surface area contributed by atoms with Crippen molar-refractivity contribution in [3.63, 3.8) is 0 Å². The molecule has 0 aromatic heterocycles. The number of aliphatic hydroxyl groups is 1. The minimum Gasteiger partial charge on any atom is -0.512 e. The van der Waals surface area contributed by atoms with Gasteiger partial charge in [0.15, 0.2) is 6.26 Å². The maximum atomic E-state index is 7.91. The summed E-state index contributed by atoms with van der Waals surface area (Å²) in [6.45, 7) is 2.26. The lowest BCUT2D eigenvalue weighted by Gasteiger charge is -1.90. The molecule has 0 saturated heterocycles. The molecule has 3 nitrogen and oxygen atoms in total. The third-order valence-electron chi connectivity index (χ3n) is 0.302. The molecule has 0 saturated carbocycles. The van der Waals surface area contributed by atoms with Gasteiger partial charge in [0, 0.05) is 0 Å². The summed E-state index contributed by atoms with van der Waals surface area (Å²) in [4.78, 5) is 8.53. The highest BCUT2D eigenvalue weighted by Gasteiger charge is 1.69. The van der Waals surface area contributed by atoms with Crippen molar-refractivity contribution >= 4 is 0 Å². The lowest BCUT2D eigenvalue weighted by Crippen LogP contribution is -1.83. The van der Waals surface area contributed by atoms with Crippen LogP contribution in [0.2, 0.25) is 0 Å². The Bertz CT molecular complexity index is 50.9. The Balaban J connectivity index is 2.69. The highest BCUT2D eigenvalue weighted by Crippen LogP contribution is 1.75. The Labute approximate surface area is 42.1 Å². The number of hydrogen-bond acceptors (Lipinski definition) is 3. The van der Waals surface area contributed by atoms with Crippen LogP contribution in [0, 0.1) is 0 Å². The molecule has 0 bridgehead atoms. The minimum absolute atomic E-state index is 0.477. The van der Waals surface area contributed by atoms with Gasteiger partial charge in [-0.1, -0.05) is 0 Å². The van der Waals surface area contributed by atoms with Gasteiger partial charge in [-0.15, -0.1) is 0 Å². The molecular weight excluding hydrogens is 96.0 g/mol. The smallest absolute Gasteiger partial charge is 0.163 e. The van der Waals surface area contributed by atoms with E-state index in [2.05, 4.69) is 9.78 Å². The molecule has 0 amide bonds. The summed E-state index contributed by atoms with van der Waals surface area (Å²) in [7, 11) is 0. The lowest BCUT2D eigenvalue weighted by molar-refractivity contribution is -0.245. The maximum absolute atomic E-state index is 7.91. The van der Waals surface area contributed by atoms with E-state index >= 15 is 0 Å². The van der Waals surface area contributed by atoms with Crippen molar-refractivity contribution in [2.24, 2.45) is 0 Å². The van der Waals surface area contributed by atoms with Gasteiger partial charge in [-0.05, 0) is 6.92 Å². The largest absolute Gasteiger partial charge is 0.512 e. The summed E-state index contributed by atoms with van der Waals surface area (Å²) in [5.74, 6) is 0. The summed E-state index contributed by atoms with van der Waals surface area (Å²) in [6, 6.07) is 0. The Morgan fingerprint density at radius 2 is 2.43 bits per heavy atom. The predicted octanol–water partition coefficient (Wildman–Crippen LogP) is 0.984. The van der Waals surface area contributed by atoms with E-state index in [1.54, 1.807) is 6.92 Å². The first kappa shape index (κ1) is 6.30. The molecule has 0 aliphatic heterocycles. The molecule has 0 radical (unpaired) electrons. The SMILES string of the molecule is CCOO/C=C/O. The summed E-state index contributed by atoms with van der Waals surface area (Å²) in [5.41, 5.74) is 0. The van der Waals surface area contributed by atoms with E-state index in [1.165, 1.54) is 0 Å². The molecular formula is C4H8O3. The molecule has 0 spiro atoms. The van der Waals surface area contributed by atoms with E-state index in [0.717, 1.165) is 12.5 Å². The van der Waals surface area contributed by atoms with Crippen LogP contribution in [0.15, 0.2) is 12.5 Å². The fourth-order valence-electron chi connectivity index (χ4n) is 0.132. The molecule has 0 aromatic carbocycles. The molecule has 0 aliphatic rings. The van der Waals surface area contributed by atoms with Gasteiger partial charge < -0.3 is 9.99 Å². The normalized spacial score (nSPS) is 9.86. The number of rotatable bonds is 3. The van der Waals surface area contributed by atoms with Gasteiger partial charge in [-0.3, -0.25) is 0 Å². The Morgan fingerprint density at radius 1 is 1.71 bits per heavy atom. The summed E-state index contributed by atoms with van der Waals surface area (Å²) in [6.07, 6.45) is 1.80. The number of hydrogen-bond donors (Lipinski definition) is 1. The summed E-state index contributed by atoms with van der Waals surface area (Å²) < 4.78 is 0.